The lowest BCUT2D eigenvalue weighted by molar-refractivity contribution is -0.117. The van der Waals surface area contributed by atoms with E-state index in [-0.39, 0.29) is 16.1 Å². The Labute approximate surface area is 165 Å². The van der Waals surface area contributed by atoms with Crippen molar-refractivity contribution >= 4 is 46.4 Å². The van der Waals surface area contributed by atoms with Crippen molar-refractivity contribution in [3.63, 3.8) is 0 Å². The molecule has 0 aliphatic heterocycles. The van der Waals surface area contributed by atoms with Crippen molar-refractivity contribution in [2.75, 3.05) is 5.75 Å². The predicted molar refractivity (Wildman–Crippen MR) is 107 cm³/mol. The van der Waals surface area contributed by atoms with Crippen LogP contribution in [0.25, 0.3) is 0 Å². The maximum atomic E-state index is 11.3. The smallest absolute Gasteiger partial charge is 0.230 e. The molecule has 8 heteroatoms. The van der Waals surface area contributed by atoms with Gasteiger partial charge in [0.15, 0.2) is 5.94 Å². The van der Waals surface area contributed by atoms with Gasteiger partial charge in [-0.1, -0.05) is 47.8 Å². The molecule has 1 atom stereocenters. The fourth-order valence-corrected chi connectivity index (χ4v) is 2.19. The number of amides is 2. The van der Waals surface area contributed by atoms with Crippen molar-refractivity contribution in [1.82, 2.24) is 0 Å². The van der Waals surface area contributed by atoms with Gasteiger partial charge in [-0.25, -0.2) is 4.79 Å². The fraction of sp³-hybridized carbons (Fsp3) is 0.158. The summed E-state index contributed by atoms with van der Waals surface area (Å²) in [6, 6.07) is 8.79. The molecule has 0 radical (unpaired) electrons. The molecule has 0 saturated carbocycles. The van der Waals surface area contributed by atoms with E-state index in [1.54, 1.807) is 31.2 Å². The Morgan fingerprint density at radius 3 is 2.26 bits per heavy atom. The summed E-state index contributed by atoms with van der Waals surface area (Å²) in [6.07, 6.45) is 0. The van der Waals surface area contributed by atoms with Crippen LogP contribution >= 0.6 is 23.5 Å². The first kappa shape index (κ1) is 23.9. The van der Waals surface area contributed by atoms with E-state index >= 15 is 0 Å². The van der Waals surface area contributed by atoms with Crippen LogP contribution in [-0.4, -0.2) is 33.9 Å². The second-order valence-corrected chi connectivity index (χ2v) is 6.62. The van der Waals surface area contributed by atoms with Gasteiger partial charge in [0, 0.05) is 22.4 Å². The third-order valence-electron chi connectivity index (χ3n) is 2.40. The largest absolute Gasteiger partial charge is 0.369 e. The van der Waals surface area contributed by atoms with Gasteiger partial charge < -0.3 is 11.5 Å². The molecule has 4 N–H and O–H groups in total. The number of hydrogen-bond donors (Lipinski definition) is 2. The number of carbonyl (C=O) groups excluding carboxylic acids is 4. The summed E-state index contributed by atoms with van der Waals surface area (Å²) in [5.74, 6) is 0.539. The zero-order valence-electron chi connectivity index (χ0n) is 14.4. The van der Waals surface area contributed by atoms with Gasteiger partial charge in [-0.2, -0.15) is 0 Å². The summed E-state index contributed by atoms with van der Waals surface area (Å²) in [5, 5.41) is 1.09. The monoisotopic (exact) mass is 400 g/mol. The van der Waals surface area contributed by atoms with Gasteiger partial charge >= 0.3 is 0 Å². The van der Waals surface area contributed by atoms with Crippen LogP contribution in [0.4, 0.5) is 0 Å². The summed E-state index contributed by atoms with van der Waals surface area (Å²) < 4.78 is 0. The average Bonchev–Trinajstić information content (AvgIpc) is 2.66. The van der Waals surface area contributed by atoms with Crippen LogP contribution in [0.15, 0.2) is 64.4 Å². The highest BCUT2D eigenvalue weighted by Crippen LogP contribution is 2.11. The normalized spacial score (nSPS) is 9.22. The summed E-state index contributed by atoms with van der Waals surface area (Å²) in [4.78, 5) is 41.9. The third-order valence-corrected chi connectivity index (χ3v) is 4.22. The van der Waals surface area contributed by atoms with Gasteiger partial charge in [-0.15, -0.1) is 11.8 Å². The van der Waals surface area contributed by atoms with Crippen LogP contribution in [0.3, 0.4) is 0 Å². The molecule has 2 amide bonds. The van der Waals surface area contributed by atoms with Crippen molar-refractivity contribution < 1.29 is 19.2 Å². The zero-order valence-corrected chi connectivity index (χ0v) is 16.0. The van der Waals surface area contributed by atoms with E-state index in [4.69, 9.17) is 11.5 Å². The molecule has 1 aromatic carbocycles. The van der Waals surface area contributed by atoms with Crippen LogP contribution < -0.4 is 11.5 Å². The highest BCUT2D eigenvalue weighted by atomic mass is 32.2. The highest BCUT2D eigenvalue weighted by Gasteiger charge is 2.06. The SMILES string of the molecule is CC(SC=C=C=C=C=C=C=O)C(N)=O.NC(=O)CSC(=O)c1ccccc1. The Balaban J connectivity index is 0.000000501. The zero-order chi connectivity index (χ0) is 20.5. The summed E-state index contributed by atoms with van der Waals surface area (Å²) in [7, 11) is 0. The topological polar surface area (TPSA) is 120 Å². The summed E-state index contributed by atoms with van der Waals surface area (Å²) >= 11 is 2.13. The second-order valence-electron chi connectivity index (χ2n) is 4.45. The van der Waals surface area contributed by atoms with Crippen LogP contribution in [0.5, 0.6) is 0 Å². The number of nitrogens with two attached hydrogens (primary N) is 2. The number of rotatable bonds is 6. The second kappa shape index (κ2) is 15.2. The molecule has 27 heavy (non-hydrogen) atoms. The molecule has 6 nitrogen and oxygen atoms in total. The Hall–Kier alpha value is -3.12. The summed E-state index contributed by atoms with van der Waals surface area (Å²) in [6.45, 7) is 1.68. The molecule has 1 unspecified atom stereocenters. The van der Waals surface area contributed by atoms with Gasteiger partial charge in [0.25, 0.3) is 0 Å². The van der Waals surface area contributed by atoms with Crippen molar-refractivity contribution in [2.24, 2.45) is 11.5 Å². The minimum absolute atomic E-state index is 0.0354. The van der Waals surface area contributed by atoms with Gasteiger partial charge in [0.2, 0.25) is 16.9 Å². The maximum Gasteiger partial charge on any atom is 0.230 e. The quantitative estimate of drug-likeness (QED) is 0.554. The summed E-state index contributed by atoms with van der Waals surface area (Å²) in [5.41, 5.74) is 22.1. The number of thioether (sulfide) groups is 2. The molecule has 0 aromatic heterocycles. The lowest BCUT2D eigenvalue weighted by Crippen LogP contribution is -2.21. The van der Waals surface area contributed by atoms with Crippen molar-refractivity contribution in [3.05, 3.63) is 70.0 Å². The Morgan fingerprint density at radius 2 is 1.70 bits per heavy atom. The van der Waals surface area contributed by atoms with E-state index in [1.807, 2.05) is 11.8 Å². The Bertz CT molecular complexity index is 891. The number of benzene rings is 1. The van der Waals surface area contributed by atoms with Crippen LogP contribution in [-0.2, 0) is 14.4 Å². The van der Waals surface area contributed by atoms with Crippen molar-refractivity contribution in [3.8, 4) is 0 Å². The highest BCUT2D eigenvalue weighted by molar-refractivity contribution is 8.14. The van der Waals surface area contributed by atoms with Gasteiger partial charge in [-0.05, 0) is 18.4 Å². The molecule has 1 aromatic rings. The first-order chi connectivity index (χ1) is 12.9. The molecule has 0 aliphatic rings. The van der Waals surface area contributed by atoms with E-state index in [0.717, 1.165) is 11.8 Å². The standard InChI is InChI=1S/C10H7NO2S.C9H9NO2S/c1-9(10(11)13)14-8-6-4-2-3-5-7-12;10-8(11)6-13-9(12)7-4-2-1-3-5-7/h8-9H,1H3,(H2,11,13);1-5H,6H2,(H2,10,11). The molecular weight excluding hydrogens is 384 g/mol. The van der Waals surface area contributed by atoms with E-state index in [2.05, 4.69) is 22.9 Å². The van der Waals surface area contributed by atoms with Gasteiger partial charge in [-0.3, -0.25) is 14.4 Å². The lowest BCUT2D eigenvalue weighted by Gasteiger charge is -1.98. The number of primary amides is 2. The van der Waals surface area contributed by atoms with E-state index in [1.165, 1.54) is 23.1 Å². The van der Waals surface area contributed by atoms with Gasteiger partial charge in [0.1, 0.15) is 0 Å². The first-order valence-corrected chi connectivity index (χ1v) is 9.21. The molecule has 0 heterocycles. The molecule has 138 valence electrons. The van der Waals surface area contributed by atoms with Crippen LogP contribution in [0, 0.1) is 0 Å². The molecule has 1 rings (SSSR count). The van der Waals surface area contributed by atoms with Gasteiger partial charge in [0.05, 0.1) is 11.0 Å². The molecule has 0 aliphatic carbocycles. The van der Waals surface area contributed by atoms with E-state index in [9.17, 15) is 19.2 Å². The van der Waals surface area contributed by atoms with E-state index < -0.39 is 11.8 Å². The fourth-order valence-electron chi connectivity index (χ4n) is 1.15. The number of hydrogen-bond acceptors (Lipinski definition) is 6. The number of carbonyl (C=O) groups is 3. The molecular formula is C19H16N2O4S2. The third kappa shape index (κ3) is 13.8. The Morgan fingerprint density at radius 1 is 1.07 bits per heavy atom. The predicted octanol–water partition coefficient (Wildman–Crippen LogP) is 1.76. The lowest BCUT2D eigenvalue weighted by atomic mass is 10.2. The first-order valence-electron chi connectivity index (χ1n) is 7.28. The van der Waals surface area contributed by atoms with Crippen molar-refractivity contribution in [1.29, 1.82) is 0 Å². The van der Waals surface area contributed by atoms with E-state index in [0.29, 0.717) is 5.56 Å². The molecule has 0 fully saturated rings. The maximum absolute atomic E-state index is 11.3. The Kier molecular flexibility index (Phi) is 13.4. The molecule has 0 bridgehead atoms. The van der Waals surface area contributed by atoms with Crippen LogP contribution in [0.2, 0.25) is 0 Å². The minimum atomic E-state index is -0.478. The van der Waals surface area contributed by atoms with Crippen molar-refractivity contribution in [2.45, 2.75) is 12.2 Å². The minimum Gasteiger partial charge on any atom is -0.369 e. The van der Waals surface area contributed by atoms with Crippen LogP contribution in [0.1, 0.15) is 17.3 Å². The molecule has 0 saturated heterocycles. The average molecular weight is 400 g/mol. The molecule has 0 spiro atoms.